The van der Waals surface area contributed by atoms with Crippen molar-refractivity contribution in [3.8, 4) is 0 Å². The smallest absolute Gasteiger partial charge is 0.240 e. The Morgan fingerprint density at radius 1 is 1.58 bits per heavy atom. The van der Waals surface area contributed by atoms with Crippen LogP contribution in [0.1, 0.15) is 24.5 Å². The molecule has 0 bridgehead atoms. The van der Waals surface area contributed by atoms with E-state index in [4.69, 9.17) is 4.74 Å². The van der Waals surface area contributed by atoms with Gasteiger partial charge in [0.15, 0.2) is 0 Å². The molecule has 2 N–H and O–H groups in total. The van der Waals surface area contributed by atoms with E-state index >= 15 is 0 Å². The van der Waals surface area contributed by atoms with E-state index in [0.29, 0.717) is 25.6 Å². The van der Waals surface area contributed by atoms with Crippen LogP contribution in [0.4, 0.5) is 0 Å². The van der Waals surface area contributed by atoms with Crippen molar-refractivity contribution >= 4 is 5.91 Å². The Balaban J connectivity index is 1.89. The first-order chi connectivity index (χ1) is 9.31. The summed E-state index contributed by atoms with van der Waals surface area (Å²) in [4.78, 5) is 16.0. The molecule has 0 unspecified atom stereocenters. The van der Waals surface area contributed by atoms with Crippen LogP contribution in [0.3, 0.4) is 0 Å². The topological polar surface area (TPSA) is 68.2 Å². The van der Waals surface area contributed by atoms with Gasteiger partial charge in [0.25, 0.3) is 0 Å². The fraction of sp³-hybridized carbons (Fsp3) is 0.692. The van der Waals surface area contributed by atoms with Gasteiger partial charge in [0, 0.05) is 31.5 Å². The average molecular weight is 266 g/mol. The third kappa shape index (κ3) is 4.04. The first-order valence-electron chi connectivity index (χ1n) is 6.77. The molecule has 0 aliphatic carbocycles. The van der Waals surface area contributed by atoms with E-state index in [1.54, 1.807) is 13.4 Å². The van der Waals surface area contributed by atoms with Gasteiger partial charge in [-0.25, -0.2) is 4.98 Å². The minimum absolute atomic E-state index is 0.00485. The summed E-state index contributed by atoms with van der Waals surface area (Å²) in [5, 5.41) is 6.18. The number of nitrogens with zero attached hydrogens (tertiary/aromatic N) is 2. The molecule has 6 nitrogen and oxygen atoms in total. The second-order valence-electron chi connectivity index (χ2n) is 4.81. The zero-order valence-corrected chi connectivity index (χ0v) is 11.4. The van der Waals surface area contributed by atoms with Crippen LogP contribution >= 0.6 is 0 Å². The summed E-state index contributed by atoms with van der Waals surface area (Å²) in [5.74, 6) is 0.515. The van der Waals surface area contributed by atoms with Crippen LogP contribution in [0.15, 0.2) is 12.5 Å². The van der Waals surface area contributed by atoms with E-state index in [9.17, 15) is 4.79 Å². The summed E-state index contributed by atoms with van der Waals surface area (Å²) in [5.41, 5.74) is 1.17. The molecule has 106 valence electrons. The van der Waals surface area contributed by atoms with Crippen molar-refractivity contribution in [1.82, 2.24) is 20.2 Å². The van der Waals surface area contributed by atoms with Crippen molar-refractivity contribution in [3.63, 3.8) is 0 Å². The highest BCUT2D eigenvalue weighted by Crippen LogP contribution is 2.24. The lowest BCUT2D eigenvalue weighted by Gasteiger charge is -2.23. The quantitative estimate of drug-likeness (QED) is 0.717. The summed E-state index contributed by atoms with van der Waals surface area (Å²) in [6.45, 7) is 3.50. The Morgan fingerprint density at radius 2 is 2.37 bits per heavy atom. The van der Waals surface area contributed by atoms with E-state index in [2.05, 4.69) is 15.6 Å². The molecule has 6 heteroatoms. The van der Waals surface area contributed by atoms with Crippen LogP contribution in [0, 0.1) is 0 Å². The second kappa shape index (κ2) is 7.25. The monoisotopic (exact) mass is 266 g/mol. The zero-order valence-electron chi connectivity index (χ0n) is 11.4. The lowest BCUT2D eigenvalue weighted by atomic mass is 9.95. The molecular weight excluding hydrogens is 244 g/mol. The van der Waals surface area contributed by atoms with Gasteiger partial charge in [-0.3, -0.25) is 4.79 Å². The molecule has 2 heterocycles. The Hall–Kier alpha value is -1.40. The fourth-order valence-corrected chi connectivity index (χ4v) is 2.42. The highest BCUT2D eigenvalue weighted by atomic mass is 16.5. The van der Waals surface area contributed by atoms with E-state index in [0.717, 1.165) is 25.9 Å². The molecule has 1 aliphatic rings. The molecule has 1 saturated heterocycles. The van der Waals surface area contributed by atoms with Crippen molar-refractivity contribution in [3.05, 3.63) is 18.2 Å². The molecule has 0 saturated carbocycles. The molecule has 1 amide bonds. The van der Waals surface area contributed by atoms with Gasteiger partial charge in [0.05, 0.1) is 12.9 Å². The number of ether oxygens (including phenoxy) is 1. The minimum Gasteiger partial charge on any atom is -0.383 e. The average Bonchev–Trinajstić information content (AvgIpc) is 2.88. The Bertz CT molecular complexity index is 399. The molecule has 0 radical (unpaired) electrons. The first kappa shape index (κ1) is 14.0. The molecule has 0 aromatic carbocycles. The first-order valence-corrected chi connectivity index (χ1v) is 6.77. The molecule has 1 aliphatic heterocycles. The van der Waals surface area contributed by atoms with Gasteiger partial charge in [0.2, 0.25) is 5.91 Å². The van der Waals surface area contributed by atoms with Crippen LogP contribution in [0.5, 0.6) is 0 Å². The molecule has 19 heavy (non-hydrogen) atoms. The molecular formula is C13H22N4O2. The number of aromatic nitrogens is 2. The van der Waals surface area contributed by atoms with Gasteiger partial charge in [-0.2, -0.15) is 0 Å². The zero-order chi connectivity index (χ0) is 13.5. The summed E-state index contributed by atoms with van der Waals surface area (Å²) in [6, 6.07) is 0. The van der Waals surface area contributed by atoms with Crippen molar-refractivity contribution in [2.45, 2.75) is 25.3 Å². The summed E-state index contributed by atoms with van der Waals surface area (Å²) in [7, 11) is 1.62. The largest absolute Gasteiger partial charge is 0.383 e. The maximum absolute atomic E-state index is 11.8. The van der Waals surface area contributed by atoms with E-state index in [1.807, 2.05) is 10.8 Å². The highest BCUT2D eigenvalue weighted by Gasteiger charge is 2.19. The van der Waals surface area contributed by atoms with E-state index in [1.165, 1.54) is 5.69 Å². The molecule has 2 rings (SSSR count). The van der Waals surface area contributed by atoms with Crippen molar-refractivity contribution in [2.24, 2.45) is 0 Å². The summed E-state index contributed by atoms with van der Waals surface area (Å²) < 4.78 is 6.86. The standard InChI is InChI=1S/C13H22N4O2/c1-19-7-6-16-13(18)9-17-10-15-8-12(17)11-2-4-14-5-3-11/h8,10-11,14H,2-7,9H2,1H3,(H,16,18). The number of piperidine rings is 1. The highest BCUT2D eigenvalue weighted by molar-refractivity contribution is 5.75. The number of carbonyl (C=O) groups excluding carboxylic acids is 1. The van der Waals surface area contributed by atoms with Crippen LogP contribution in [0.2, 0.25) is 0 Å². The number of methoxy groups -OCH3 is 1. The Kier molecular flexibility index (Phi) is 5.35. The van der Waals surface area contributed by atoms with Crippen LogP contribution in [-0.2, 0) is 16.1 Å². The van der Waals surface area contributed by atoms with Crippen LogP contribution in [-0.4, -0.2) is 48.8 Å². The summed E-state index contributed by atoms with van der Waals surface area (Å²) >= 11 is 0. The number of nitrogens with one attached hydrogen (secondary N) is 2. The van der Waals surface area contributed by atoms with Crippen molar-refractivity contribution in [1.29, 1.82) is 0 Å². The minimum atomic E-state index is 0.00485. The number of hydrogen-bond donors (Lipinski definition) is 2. The van der Waals surface area contributed by atoms with E-state index < -0.39 is 0 Å². The van der Waals surface area contributed by atoms with Crippen molar-refractivity contribution < 1.29 is 9.53 Å². The predicted octanol–water partition coefficient (Wildman–Crippen LogP) is 0.113. The molecule has 1 aromatic rings. The molecule has 1 aromatic heterocycles. The van der Waals surface area contributed by atoms with Gasteiger partial charge < -0.3 is 19.9 Å². The van der Waals surface area contributed by atoms with E-state index in [-0.39, 0.29) is 5.91 Å². The van der Waals surface area contributed by atoms with Gasteiger partial charge in [-0.1, -0.05) is 0 Å². The number of amides is 1. The van der Waals surface area contributed by atoms with Gasteiger partial charge >= 0.3 is 0 Å². The summed E-state index contributed by atoms with van der Waals surface area (Å²) in [6.07, 6.45) is 5.85. The number of imidazole rings is 1. The fourth-order valence-electron chi connectivity index (χ4n) is 2.42. The van der Waals surface area contributed by atoms with Crippen LogP contribution in [0.25, 0.3) is 0 Å². The van der Waals surface area contributed by atoms with Gasteiger partial charge in [0.1, 0.15) is 6.54 Å². The Morgan fingerprint density at radius 3 is 3.11 bits per heavy atom. The number of hydrogen-bond acceptors (Lipinski definition) is 4. The van der Waals surface area contributed by atoms with Gasteiger partial charge in [-0.05, 0) is 25.9 Å². The Labute approximate surface area is 113 Å². The molecule has 0 spiro atoms. The lowest BCUT2D eigenvalue weighted by molar-refractivity contribution is -0.121. The maximum Gasteiger partial charge on any atom is 0.240 e. The molecule has 1 fully saturated rings. The maximum atomic E-state index is 11.8. The third-order valence-electron chi connectivity index (χ3n) is 3.44. The SMILES string of the molecule is COCCNC(=O)Cn1cncc1C1CCNCC1. The molecule has 0 atom stereocenters. The number of carbonyl (C=O) groups is 1. The van der Waals surface area contributed by atoms with Crippen LogP contribution < -0.4 is 10.6 Å². The van der Waals surface area contributed by atoms with Crippen molar-refractivity contribution in [2.75, 3.05) is 33.4 Å². The normalized spacial score (nSPS) is 16.5. The van der Waals surface area contributed by atoms with Gasteiger partial charge in [-0.15, -0.1) is 0 Å². The predicted molar refractivity (Wildman–Crippen MR) is 72.0 cm³/mol. The lowest BCUT2D eigenvalue weighted by Crippen LogP contribution is -2.32. The second-order valence-corrected chi connectivity index (χ2v) is 4.81. The third-order valence-corrected chi connectivity index (χ3v) is 3.44. The number of rotatable bonds is 6.